The number of nitrogens with zero attached hydrogens (tertiary/aromatic N) is 2. The molecule has 0 radical (unpaired) electrons. The van der Waals surface area contributed by atoms with Gasteiger partial charge in [-0.1, -0.05) is 0 Å². The number of nitrogens with two attached hydrogens (primary N) is 1. The van der Waals surface area contributed by atoms with Crippen LogP contribution in [0.15, 0.2) is 0 Å². The molecule has 90 valence electrons. The molecule has 0 atom stereocenters. The summed E-state index contributed by atoms with van der Waals surface area (Å²) in [7, 11) is -1.70. The molecule has 0 aromatic carbocycles. The Morgan fingerprint density at radius 1 is 1.40 bits per heavy atom. The summed E-state index contributed by atoms with van der Waals surface area (Å²) in [6.45, 7) is 4.53. The molecule has 2 N–H and O–H groups in total. The van der Waals surface area contributed by atoms with E-state index in [0.717, 1.165) is 12.8 Å². The summed E-state index contributed by atoms with van der Waals surface area (Å²) in [6, 6.07) is 0.161. The lowest BCUT2D eigenvalue weighted by molar-refractivity contribution is 0.333. The lowest BCUT2D eigenvalue weighted by Gasteiger charge is -2.29. The zero-order valence-electron chi connectivity index (χ0n) is 9.68. The van der Waals surface area contributed by atoms with Gasteiger partial charge in [0, 0.05) is 32.2 Å². The third-order valence-electron chi connectivity index (χ3n) is 2.69. The van der Waals surface area contributed by atoms with Crippen molar-refractivity contribution in [3.8, 4) is 0 Å². The molecule has 1 fully saturated rings. The van der Waals surface area contributed by atoms with E-state index in [1.165, 1.54) is 8.61 Å². The lowest BCUT2D eigenvalue weighted by Crippen LogP contribution is -2.47. The van der Waals surface area contributed by atoms with Crippen molar-refractivity contribution in [3.63, 3.8) is 0 Å². The summed E-state index contributed by atoms with van der Waals surface area (Å²) in [6.07, 6.45) is 1.93. The standard InChI is InChI=1S/C9H21N3O2S/c1-8(2)11(3)15(13,14)12(7-6-10)9-4-5-9/h8-9H,4-7,10H2,1-3H3. The molecule has 1 saturated carbocycles. The van der Waals surface area contributed by atoms with Gasteiger partial charge in [-0.25, -0.2) is 0 Å². The van der Waals surface area contributed by atoms with Crippen LogP contribution < -0.4 is 5.73 Å². The minimum absolute atomic E-state index is 0.0194. The highest BCUT2D eigenvalue weighted by molar-refractivity contribution is 7.86. The normalized spacial score (nSPS) is 18.1. The van der Waals surface area contributed by atoms with Gasteiger partial charge < -0.3 is 5.73 Å². The predicted molar refractivity (Wildman–Crippen MR) is 60.6 cm³/mol. The van der Waals surface area contributed by atoms with Crippen molar-refractivity contribution in [1.29, 1.82) is 0 Å². The van der Waals surface area contributed by atoms with Crippen molar-refractivity contribution in [3.05, 3.63) is 0 Å². The van der Waals surface area contributed by atoms with E-state index >= 15 is 0 Å². The fourth-order valence-electron chi connectivity index (χ4n) is 1.41. The van der Waals surface area contributed by atoms with Crippen LogP contribution >= 0.6 is 0 Å². The van der Waals surface area contributed by atoms with Crippen LogP contribution in [0.2, 0.25) is 0 Å². The molecule has 0 saturated heterocycles. The highest BCUT2D eigenvalue weighted by Crippen LogP contribution is 2.30. The van der Waals surface area contributed by atoms with E-state index in [2.05, 4.69) is 0 Å². The van der Waals surface area contributed by atoms with E-state index in [4.69, 9.17) is 5.73 Å². The first-order valence-corrected chi connectivity index (χ1v) is 6.75. The average Bonchev–Trinajstić information content (AvgIpc) is 2.95. The predicted octanol–water partition coefficient (Wildman–Crippen LogP) is -0.00550. The first-order valence-electron chi connectivity index (χ1n) is 5.36. The van der Waals surface area contributed by atoms with Crippen LogP contribution in [0.25, 0.3) is 0 Å². The molecule has 6 heteroatoms. The molecule has 0 amide bonds. The average molecular weight is 235 g/mol. The second kappa shape index (κ2) is 4.78. The van der Waals surface area contributed by atoms with E-state index in [0.29, 0.717) is 13.1 Å². The van der Waals surface area contributed by atoms with Crippen molar-refractivity contribution >= 4 is 10.2 Å². The van der Waals surface area contributed by atoms with E-state index in [9.17, 15) is 8.42 Å². The van der Waals surface area contributed by atoms with E-state index in [1.807, 2.05) is 13.8 Å². The van der Waals surface area contributed by atoms with Gasteiger partial charge >= 0.3 is 0 Å². The Kier molecular flexibility index (Phi) is 4.11. The van der Waals surface area contributed by atoms with E-state index in [1.54, 1.807) is 7.05 Å². The Morgan fingerprint density at radius 2 is 1.93 bits per heavy atom. The second-order valence-corrected chi connectivity index (χ2v) is 6.19. The Bertz CT molecular complexity index is 298. The molecule has 0 unspecified atom stereocenters. The third-order valence-corrected chi connectivity index (χ3v) is 4.91. The van der Waals surface area contributed by atoms with Gasteiger partial charge in [0.05, 0.1) is 0 Å². The van der Waals surface area contributed by atoms with Crippen molar-refractivity contribution < 1.29 is 8.42 Å². The molecular weight excluding hydrogens is 214 g/mol. The molecule has 5 nitrogen and oxygen atoms in total. The number of rotatable bonds is 6. The molecule has 0 spiro atoms. The molecule has 1 rings (SSSR count). The quantitative estimate of drug-likeness (QED) is 0.704. The summed E-state index contributed by atoms with van der Waals surface area (Å²) < 4.78 is 27.2. The van der Waals surface area contributed by atoms with Gasteiger partial charge in [-0.05, 0) is 26.7 Å². The summed E-state index contributed by atoms with van der Waals surface area (Å²) in [5.41, 5.74) is 5.44. The first kappa shape index (κ1) is 12.9. The van der Waals surface area contributed by atoms with Crippen LogP contribution in [0.4, 0.5) is 0 Å². The minimum atomic E-state index is -3.31. The van der Waals surface area contributed by atoms with Crippen molar-refractivity contribution in [2.75, 3.05) is 20.1 Å². The summed E-state index contributed by atoms with van der Waals surface area (Å²) in [4.78, 5) is 0. The lowest BCUT2D eigenvalue weighted by atomic mass is 10.4. The van der Waals surface area contributed by atoms with Crippen LogP contribution in [-0.2, 0) is 10.2 Å². The fraction of sp³-hybridized carbons (Fsp3) is 1.00. The topological polar surface area (TPSA) is 66.6 Å². The summed E-state index contributed by atoms with van der Waals surface area (Å²) in [5, 5.41) is 0. The minimum Gasteiger partial charge on any atom is -0.329 e. The fourth-order valence-corrected chi connectivity index (χ4v) is 3.20. The highest BCUT2D eigenvalue weighted by Gasteiger charge is 2.39. The van der Waals surface area contributed by atoms with Crippen molar-refractivity contribution in [1.82, 2.24) is 8.61 Å². The monoisotopic (exact) mass is 235 g/mol. The largest absolute Gasteiger partial charge is 0.329 e. The van der Waals surface area contributed by atoms with Gasteiger partial charge in [0.1, 0.15) is 0 Å². The molecule has 0 heterocycles. The van der Waals surface area contributed by atoms with Gasteiger partial charge in [0.25, 0.3) is 10.2 Å². The maximum absolute atomic E-state index is 12.1. The van der Waals surface area contributed by atoms with Crippen LogP contribution in [-0.4, -0.2) is 49.2 Å². The Morgan fingerprint density at radius 3 is 2.27 bits per heavy atom. The van der Waals surface area contributed by atoms with Crippen LogP contribution in [0.1, 0.15) is 26.7 Å². The second-order valence-electron chi connectivity index (χ2n) is 4.25. The Labute approximate surface area is 92.4 Å². The Hall–Kier alpha value is -0.170. The SMILES string of the molecule is CC(C)N(C)S(=O)(=O)N(CCN)C1CC1. The van der Waals surface area contributed by atoms with Crippen molar-refractivity contribution in [2.45, 2.75) is 38.8 Å². The van der Waals surface area contributed by atoms with Gasteiger partial charge in [-0.2, -0.15) is 17.0 Å². The summed E-state index contributed by atoms with van der Waals surface area (Å²) >= 11 is 0. The Balaban J connectivity index is 2.80. The van der Waals surface area contributed by atoms with Crippen molar-refractivity contribution in [2.24, 2.45) is 5.73 Å². The molecular formula is C9H21N3O2S. The third kappa shape index (κ3) is 2.90. The highest BCUT2D eigenvalue weighted by atomic mass is 32.2. The van der Waals surface area contributed by atoms with Gasteiger partial charge in [0.15, 0.2) is 0 Å². The van der Waals surface area contributed by atoms with E-state index in [-0.39, 0.29) is 12.1 Å². The molecule has 1 aliphatic rings. The number of hydrogen-bond acceptors (Lipinski definition) is 3. The summed E-state index contributed by atoms with van der Waals surface area (Å²) in [5.74, 6) is 0. The molecule has 0 aromatic rings. The smallest absolute Gasteiger partial charge is 0.282 e. The molecule has 1 aliphatic carbocycles. The van der Waals surface area contributed by atoms with Crippen LogP contribution in [0.3, 0.4) is 0 Å². The van der Waals surface area contributed by atoms with Gasteiger partial charge in [-0.3, -0.25) is 0 Å². The molecule has 15 heavy (non-hydrogen) atoms. The number of hydrogen-bond donors (Lipinski definition) is 1. The molecule has 0 bridgehead atoms. The molecule has 0 aliphatic heterocycles. The van der Waals surface area contributed by atoms with Gasteiger partial charge in [-0.15, -0.1) is 0 Å². The zero-order valence-corrected chi connectivity index (χ0v) is 10.5. The zero-order chi connectivity index (χ0) is 11.6. The maximum Gasteiger partial charge on any atom is 0.282 e. The van der Waals surface area contributed by atoms with Gasteiger partial charge in [0.2, 0.25) is 0 Å². The van der Waals surface area contributed by atoms with E-state index < -0.39 is 10.2 Å². The van der Waals surface area contributed by atoms with Crippen LogP contribution in [0.5, 0.6) is 0 Å². The maximum atomic E-state index is 12.1. The first-order chi connectivity index (χ1) is 6.91. The van der Waals surface area contributed by atoms with Crippen LogP contribution in [0, 0.1) is 0 Å². The molecule has 0 aromatic heterocycles.